The van der Waals surface area contributed by atoms with Gasteiger partial charge in [-0.3, -0.25) is 0 Å². The quantitative estimate of drug-likeness (QED) is 0.763. The van der Waals surface area contributed by atoms with E-state index in [1.807, 2.05) is 12.1 Å². The van der Waals surface area contributed by atoms with Crippen LogP contribution in [-0.2, 0) is 6.54 Å². The molecule has 1 aliphatic rings. The Balaban J connectivity index is 2.35. The lowest BCUT2D eigenvalue weighted by molar-refractivity contribution is 0.301. The maximum atomic E-state index is 13.9. The molecule has 0 aliphatic carbocycles. The maximum absolute atomic E-state index is 13.9. The van der Waals surface area contributed by atoms with Crippen molar-refractivity contribution in [2.75, 3.05) is 14.2 Å². The molecule has 0 N–H and O–H groups in total. The Labute approximate surface area is 143 Å². The van der Waals surface area contributed by atoms with Gasteiger partial charge in [0.15, 0.2) is 0 Å². The van der Waals surface area contributed by atoms with Crippen molar-refractivity contribution in [3.05, 3.63) is 70.7 Å². The minimum Gasteiger partial charge on any atom is -0.497 e. The predicted molar refractivity (Wildman–Crippen MR) is 96.3 cm³/mol. The lowest BCUT2D eigenvalue weighted by Crippen LogP contribution is -2.31. The van der Waals surface area contributed by atoms with Crippen molar-refractivity contribution in [1.29, 1.82) is 0 Å². The molecule has 0 amide bonds. The van der Waals surface area contributed by atoms with Crippen LogP contribution >= 0.6 is 0 Å². The number of halogens is 1. The van der Waals surface area contributed by atoms with E-state index in [1.165, 1.54) is 17.3 Å². The minimum atomic E-state index is -0.217. The van der Waals surface area contributed by atoms with Gasteiger partial charge >= 0.3 is 0 Å². The van der Waals surface area contributed by atoms with Crippen molar-refractivity contribution in [1.82, 2.24) is 4.90 Å². The van der Waals surface area contributed by atoms with Crippen molar-refractivity contribution < 1.29 is 9.13 Å². The first kappa shape index (κ1) is 16.6. The number of ether oxygens (including phenoxy) is 1. The van der Waals surface area contributed by atoms with E-state index in [1.54, 1.807) is 19.2 Å². The van der Waals surface area contributed by atoms with E-state index in [0.29, 0.717) is 0 Å². The monoisotopic (exact) mass is 325 g/mol. The lowest BCUT2D eigenvalue weighted by Gasteiger charge is -2.39. The highest BCUT2D eigenvalue weighted by Gasteiger charge is 2.31. The molecule has 0 aromatic heterocycles. The number of allylic oxidation sites excluding steroid dienone is 1. The summed E-state index contributed by atoms with van der Waals surface area (Å²) in [5.41, 5.74) is 5.50. The fourth-order valence-corrected chi connectivity index (χ4v) is 3.59. The van der Waals surface area contributed by atoms with Gasteiger partial charge in [-0.05, 0) is 41.0 Å². The van der Waals surface area contributed by atoms with E-state index in [-0.39, 0.29) is 11.2 Å². The number of hydrogen-bond donors (Lipinski definition) is 0. The van der Waals surface area contributed by atoms with Crippen molar-refractivity contribution in [3.63, 3.8) is 0 Å². The van der Waals surface area contributed by atoms with Crippen LogP contribution in [0.15, 0.2) is 48.2 Å². The summed E-state index contributed by atoms with van der Waals surface area (Å²) in [5, 5.41) is 0. The van der Waals surface area contributed by atoms with Gasteiger partial charge in [0.25, 0.3) is 0 Å². The van der Waals surface area contributed by atoms with E-state index in [2.05, 4.69) is 44.9 Å². The van der Waals surface area contributed by atoms with Crippen LogP contribution in [0.4, 0.5) is 4.39 Å². The number of fused-ring (bicyclic) bond motifs is 1. The van der Waals surface area contributed by atoms with Gasteiger partial charge in [0.1, 0.15) is 11.6 Å². The van der Waals surface area contributed by atoms with E-state index < -0.39 is 0 Å². The molecule has 1 heterocycles. The van der Waals surface area contributed by atoms with Crippen LogP contribution in [0.3, 0.4) is 0 Å². The number of methoxy groups -OCH3 is 1. The number of benzene rings is 2. The van der Waals surface area contributed by atoms with Crippen LogP contribution in [0, 0.1) is 11.2 Å². The summed E-state index contributed by atoms with van der Waals surface area (Å²) in [6, 6.07) is 13.0. The Kier molecular flexibility index (Phi) is 4.12. The number of hydrogen-bond acceptors (Lipinski definition) is 2. The van der Waals surface area contributed by atoms with Gasteiger partial charge in [0.2, 0.25) is 0 Å². The molecule has 2 aromatic rings. The second kappa shape index (κ2) is 5.97. The zero-order chi connectivity index (χ0) is 17.5. The second-order valence-corrected chi connectivity index (χ2v) is 7.36. The first-order valence-electron chi connectivity index (χ1n) is 8.20. The third-order valence-corrected chi connectivity index (χ3v) is 4.44. The summed E-state index contributed by atoms with van der Waals surface area (Å²) >= 11 is 0. The van der Waals surface area contributed by atoms with Gasteiger partial charge in [-0.25, -0.2) is 4.39 Å². The standard InChI is InChI=1S/C21H24FNO/c1-21(2,3)20-19(14-7-6-8-16(22)11-14)18-12-17(24-5)10-9-15(18)13-23(20)4/h6-12H,13H2,1-5H3. The maximum Gasteiger partial charge on any atom is 0.123 e. The smallest absolute Gasteiger partial charge is 0.123 e. The Hall–Kier alpha value is -2.29. The first-order valence-corrected chi connectivity index (χ1v) is 8.20. The van der Waals surface area contributed by atoms with Crippen LogP contribution in [-0.4, -0.2) is 19.1 Å². The van der Waals surface area contributed by atoms with Gasteiger partial charge in [-0.1, -0.05) is 39.0 Å². The lowest BCUT2D eigenvalue weighted by atomic mass is 9.79. The first-order chi connectivity index (χ1) is 11.3. The molecule has 3 rings (SSSR count). The third kappa shape index (κ3) is 2.91. The molecule has 2 nitrogen and oxygen atoms in total. The molecule has 0 radical (unpaired) electrons. The van der Waals surface area contributed by atoms with E-state index in [4.69, 9.17) is 4.74 Å². The second-order valence-electron chi connectivity index (χ2n) is 7.36. The molecular weight excluding hydrogens is 301 g/mol. The Morgan fingerprint density at radius 3 is 2.46 bits per heavy atom. The Morgan fingerprint density at radius 1 is 1.08 bits per heavy atom. The zero-order valence-electron chi connectivity index (χ0n) is 15.0. The molecule has 0 unspecified atom stereocenters. The summed E-state index contributed by atoms with van der Waals surface area (Å²) in [6.45, 7) is 7.43. The van der Waals surface area contributed by atoms with Crippen LogP contribution in [0.1, 0.15) is 37.5 Å². The number of nitrogens with zero attached hydrogens (tertiary/aromatic N) is 1. The summed E-state index contributed by atoms with van der Waals surface area (Å²) in [4.78, 5) is 2.27. The molecule has 0 spiro atoms. The van der Waals surface area contributed by atoms with Crippen molar-refractivity contribution in [2.45, 2.75) is 27.3 Å². The molecular formula is C21H24FNO. The molecule has 0 fully saturated rings. The molecule has 0 atom stereocenters. The summed E-state index contributed by atoms with van der Waals surface area (Å²) in [6.07, 6.45) is 0. The average molecular weight is 325 g/mol. The molecule has 0 saturated heterocycles. The summed E-state index contributed by atoms with van der Waals surface area (Å²) < 4.78 is 19.3. The fourth-order valence-electron chi connectivity index (χ4n) is 3.59. The summed E-state index contributed by atoms with van der Waals surface area (Å²) in [5.74, 6) is 0.603. The van der Waals surface area contributed by atoms with Crippen LogP contribution in [0.5, 0.6) is 5.75 Å². The predicted octanol–water partition coefficient (Wildman–Crippen LogP) is 5.09. The van der Waals surface area contributed by atoms with Crippen molar-refractivity contribution in [3.8, 4) is 5.75 Å². The van der Waals surface area contributed by atoms with Crippen LogP contribution < -0.4 is 4.74 Å². The fraction of sp³-hybridized carbons (Fsp3) is 0.333. The molecule has 0 bridgehead atoms. The van der Waals surface area contributed by atoms with Crippen molar-refractivity contribution in [2.24, 2.45) is 5.41 Å². The van der Waals surface area contributed by atoms with Gasteiger partial charge in [0.05, 0.1) is 7.11 Å². The Bertz CT molecular complexity index is 802. The highest BCUT2D eigenvalue weighted by Crippen LogP contribution is 2.43. The molecule has 1 aliphatic heterocycles. The molecule has 3 heteroatoms. The molecule has 2 aromatic carbocycles. The van der Waals surface area contributed by atoms with Gasteiger partial charge in [-0.2, -0.15) is 0 Å². The van der Waals surface area contributed by atoms with Gasteiger partial charge < -0.3 is 9.64 Å². The average Bonchev–Trinajstić information content (AvgIpc) is 2.52. The van der Waals surface area contributed by atoms with Crippen LogP contribution in [0.2, 0.25) is 0 Å². The number of rotatable bonds is 2. The SMILES string of the molecule is COc1ccc2c(c1)C(c1cccc(F)c1)=C(C(C)(C)C)N(C)C2. The normalized spacial score (nSPS) is 14.7. The van der Waals surface area contributed by atoms with Gasteiger partial charge in [-0.15, -0.1) is 0 Å². The van der Waals surface area contributed by atoms with Crippen molar-refractivity contribution >= 4 is 5.57 Å². The Morgan fingerprint density at radius 2 is 1.83 bits per heavy atom. The molecule has 126 valence electrons. The molecule has 0 saturated carbocycles. The third-order valence-electron chi connectivity index (χ3n) is 4.44. The van der Waals surface area contributed by atoms with E-state index >= 15 is 0 Å². The highest BCUT2D eigenvalue weighted by molar-refractivity contribution is 5.85. The minimum absolute atomic E-state index is 0.0584. The van der Waals surface area contributed by atoms with Crippen LogP contribution in [0.25, 0.3) is 5.57 Å². The van der Waals surface area contributed by atoms with E-state index in [0.717, 1.165) is 29.0 Å². The largest absolute Gasteiger partial charge is 0.497 e. The van der Waals surface area contributed by atoms with Gasteiger partial charge in [0, 0.05) is 30.3 Å². The topological polar surface area (TPSA) is 12.5 Å². The highest BCUT2D eigenvalue weighted by atomic mass is 19.1. The summed E-state index contributed by atoms with van der Waals surface area (Å²) in [7, 11) is 3.78. The van der Waals surface area contributed by atoms with E-state index in [9.17, 15) is 4.39 Å². The molecule has 24 heavy (non-hydrogen) atoms. The zero-order valence-corrected chi connectivity index (χ0v) is 15.0.